The minimum absolute atomic E-state index is 0.190. The van der Waals surface area contributed by atoms with Crippen LogP contribution in [-0.4, -0.2) is 16.1 Å². The van der Waals surface area contributed by atoms with Gasteiger partial charge >= 0.3 is 0 Å². The van der Waals surface area contributed by atoms with Crippen LogP contribution >= 0.6 is 0 Å². The predicted molar refractivity (Wildman–Crippen MR) is 101 cm³/mol. The molecule has 6 heteroatoms. The first-order valence-electron chi connectivity index (χ1n) is 8.76. The van der Waals surface area contributed by atoms with E-state index in [-0.39, 0.29) is 23.1 Å². The van der Waals surface area contributed by atoms with E-state index in [0.717, 1.165) is 18.4 Å². The van der Waals surface area contributed by atoms with E-state index in [4.69, 9.17) is 0 Å². The molecule has 0 aliphatic heterocycles. The largest absolute Gasteiger partial charge is 0.325 e. The number of amides is 1. The maximum absolute atomic E-state index is 12.5. The van der Waals surface area contributed by atoms with E-state index in [1.54, 1.807) is 18.2 Å². The molecule has 1 amide bonds. The van der Waals surface area contributed by atoms with Gasteiger partial charge in [-0.15, -0.1) is 0 Å². The lowest BCUT2D eigenvalue weighted by Crippen LogP contribution is -2.22. The van der Waals surface area contributed by atoms with Gasteiger partial charge in [-0.1, -0.05) is 24.3 Å². The van der Waals surface area contributed by atoms with Crippen molar-refractivity contribution < 1.29 is 4.79 Å². The van der Waals surface area contributed by atoms with Gasteiger partial charge in [0.2, 0.25) is 5.91 Å². The van der Waals surface area contributed by atoms with Crippen molar-refractivity contribution in [1.29, 1.82) is 0 Å². The highest BCUT2D eigenvalue weighted by Gasteiger charge is 2.13. The standard InChI is InChI=1S/C20H19N3O3/c24-17(11-12-8-9-13-4-1-2-5-14(13)10-12)21-16-7-3-6-15-18(16)20(26)23-22-19(15)25/h3,6-10H,1-2,4-5,11H2,(H,21,24)(H,22,25)(H,23,26). The van der Waals surface area contributed by atoms with Crippen molar-refractivity contribution in [3.8, 4) is 0 Å². The molecule has 1 aliphatic carbocycles. The van der Waals surface area contributed by atoms with Gasteiger partial charge in [-0.05, 0) is 54.5 Å². The van der Waals surface area contributed by atoms with E-state index < -0.39 is 11.1 Å². The van der Waals surface area contributed by atoms with Crippen molar-refractivity contribution in [3.63, 3.8) is 0 Å². The van der Waals surface area contributed by atoms with Crippen molar-refractivity contribution in [1.82, 2.24) is 10.2 Å². The molecule has 1 aromatic heterocycles. The maximum Gasteiger partial charge on any atom is 0.272 e. The van der Waals surface area contributed by atoms with Gasteiger partial charge in [-0.2, -0.15) is 0 Å². The molecule has 132 valence electrons. The van der Waals surface area contributed by atoms with E-state index in [1.165, 1.54) is 24.0 Å². The molecule has 6 nitrogen and oxygen atoms in total. The lowest BCUT2D eigenvalue weighted by atomic mass is 9.90. The zero-order chi connectivity index (χ0) is 18.1. The van der Waals surface area contributed by atoms with Crippen molar-refractivity contribution >= 4 is 22.4 Å². The van der Waals surface area contributed by atoms with Crippen LogP contribution in [0.3, 0.4) is 0 Å². The predicted octanol–water partition coefficient (Wildman–Crippen LogP) is 2.28. The van der Waals surface area contributed by atoms with Crippen LogP contribution in [0, 0.1) is 0 Å². The van der Waals surface area contributed by atoms with Gasteiger partial charge in [0.1, 0.15) is 0 Å². The van der Waals surface area contributed by atoms with Gasteiger partial charge in [0, 0.05) is 0 Å². The number of fused-ring (bicyclic) bond motifs is 2. The fourth-order valence-electron chi connectivity index (χ4n) is 3.61. The molecule has 26 heavy (non-hydrogen) atoms. The summed E-state index contributed by atoms with van der Waals surface area (Å²) in [6.45, 7) is 0. The fraction of sp³-hybridized carbons (Fsp3) is 0.250. The Bertz CT molecular complexity index is 1110. The molecule has 4 rings (SSSR count). The number of hydrogen-bond acceptors (Lipinski definition) is 3. The van der Waals surface area contributed by atoms with Gasteiger partial charge in [-0.3, -0.25) is 24.6 Å². The topological polar surface area (TPSA) is 94.8 Å². The molecule has 0 fully saturated rings. The smallest absolute Gasteiger partial charge is 0.272 e. The van der Waals surface area contributed by atoms with Crippen LogP contribution in [0.5, 0.6) is 0 Å². The average molecular weight is 349 g/mol. The Labute approximate surface area is 149 Å². The number of nitrogens with one attached hydrogen (secondary N) is 3. The molecular formula is C20H19N3O3. The summed E-state index contributed by atoms with van der Waals surface area (Å²) in [5, 5.41) is 7.79. The normalized spacial score (nSPS) is 13.4. The van der Waals surface area contributed by atoms with E-state index in [1.807, 2.05) is 6.07 Å². The van der Waals surface area contributed by atoms with Gasteiger partial charge in [0.25, 0.3) is 11.1 Å². The van der Waals surface area contributed by atoms with Gasteiger partial charge in [0.05, 0.1) is 22.9 Å². The molecule has 0 unspecified atom stereocenters. The molecule has 0 atom stereocenters. The first kappa shape index (κ1) is 16.3. The maximum atomic E-state index is 12.5. The van der Waals surface area contributed by atoms with Gasteiger partial charge in [0.15, 0.2) is 0 Å². The summed E-state index contributed by atoms with van der Waals surface area (Å²) in [6, 6.07) is 11.0. The molecule has 0 saturated carbocycles. The van der Waals surface area contributed by atoms with Crippen LogP contribution in [0.4, 0.5) is 5.69 Å². The Morgan fingerprint density at radius 1 is 0.962 bits per heavy atom. The number of anilines is 1. The van der Waals surface area contributed by atoms with Crippen molar-refractivity contribution in [2.75, 3.05) is 5.32 Å². The number of carbonyl (C=O) groups excluding carboxylic acids is 1. The Kier molecular flexibility index (Phi) is 4.16. The molecule has 3 N–H and O–H groups in total. The third-order valence-electron chi connectivity index (χ3n) is 4.88. The van der Waals surface area contributed by atoms with Crippen LogP contribution in [0.15, 0.2) is 46.0 Å². The molecule has 1 heterocycles. The summed E-state index contributed by atoms with van der Waals surface area (Å²) < 4.78 is 0. The Morgan fingerprint density at radius 3 is 2.58 bits per heavy atom. The summed E-state index contributed by atoms with van der Waals surface area (Å²) in [7, 11) is 0. The summed E-state index contributed by atoms with van der Waals surface area (Å²) in [5.41, 5.74) is 3.16. The van der Waals surface area contributed by atoms with E-state index in [2.05, 4.69) is 27.6 Å². The zero-order valence-corrected chi connectivity index (χ0v) is 14.2. The summed E-state index contributed by atoms with van der Waals surface area (Å²) in [6.07, 6.45) is 4.81. The summed E-state index contributed by atoms with van der Waals surface area (Å²) >= 11 is 0. The highest BCUT2D eigenvalue weighted by Crippen LogP contribution is 2.23. The Morgan fingerprint density at radius 2 is 1.73 bits per heavy atom. The highest BCUT2D eigenvalue weighted by molar-refractivity contribution is 6.01. The highest BCUT2D eigenvalue weighted by atomic mass is 16.2. The molecule has 1 aliphatic rings. The number of carbonyl (C=O) groups is 1. The number of benzene rings is 2. The second-order valence-corrected chi connectivity index (χ2v) is 6.67. The van der Waals surface area contributed by atoms with Crippen molar-refractivity contribution in [2.45, 2.75) is 32.1 Å². The van der Waals surface area contributed by atoms with Crippen molar-refractivity contribution in [3.05, 3.63) is 73.8 Å². The van der Waals surface area contributed by atoms with Crippen LogP contribution in [0.2, 0.25) is 0 Å². The van der Waals surface area contributed by atoms with Gasteiger partial charge < -0.3 is 5.32 Å². The molecule has 0 spiro atoms. The van der Waals surface area contributed by atoms with Crippen LogP contribution in [0.25, 0.3) is 10.8 Å². The lowest BCUT2D eigenvalue weighted by molar-refractivity contribution is -0.115. The second kappa shape index (κ2) is 6.63. The van der Waals surface area contributed by atoms with Gasteiger partial charge in [-0.25, -0.2) is 0 Å². The minimum atomic E-state index is -0.440. The summed E-state index contributed by atoms with van der Waals surface area (Å²) in [4.78, 5) is 36.4. The number of H-pyrrole nitrogens is 2. The lowest BCUT2D eigenvalue weighted by Gasteiger charge is -2.16. The molecule has 0 bridgehead atoms. The average Bonchev–Trinajstić information content (AvgIpc) is 2.65. The van der Waals surface area contributed by atoms with E-state index in [0.29, 0.717) is 5.69 Å². The molecule has 2 aromatic carbocycles. The quantitative estimate of drug-likeness (QED) is 0.677. The Balaban J connectivity index is 1.59. The zero-order valence-electron chi connectivity index (χ0n) is 14.2. The van der Waals surface area contributed by atoms with Crippen LogP contribution in [-0.2, 0) is 24.1 Å². The summed E-state index contributed by atoms with van der Waals surface area (Å²) in [5.74, 6) is -0.215. The first-order valence-corrected chi connectivity index (χ1v) is 8.76. The molecular weight excluding hydrogens is 330 g/mol. The first-order chi connectivity index (χ1) is 12.6. The van der Waals surface area contributed by atoms with Crippen LogP contribution in [0.1, 0.15) is 29.5 Å². The third kappa shape index (κ3) is 3.06. The SMILES string of the molecule is O=C(Cc1ccc2c(c1)CCCC2)Nc1cccc2c(=O)[nH][nH]c(=O)c12. The Hall–Kier alpha value is -3.15. The number of hydrogen-bond donors (Lipinski definition) is 3. The molecule has 0 radical (unpaired) electrons. The van der Waals surface area contributed by atoms with E-state index >= 15 is 0 Å². The second-order valence-electron chi connectivity index (χ2n) is 6.67. The van der Waals surface area contributed by atoms with Crippen LogP contribution < -0.4 is 16.4 Å². The number of aromatic nitrogens is 2. The molecule has 3 aromatic rings. The van der Waals surface area contributed by atoms with Crippen molar-refractivity contribution in [2.24, 2.45) is 0 Å². The molecule has 0 saturated heterocycles. The van der Waals surface area contributed by atoms with E-state index in [9.17, 15) is 14.4 Å². The monoisotopic (exact) mass is 349 g/mol. The number of rotatable bonds is 3. The third-order valence-corrected chi connectivity index (χ3v) is 4.88. The number of aryl methyl sites for hydroxylation is 2. The minimum Gasteiger partial charge on any atom is -0.325 e. The number of aromatic amines is 2. The fourth-order valence-corrected chi connectivity index (χ4v) is 3.61.